The highest BCUT2D eigenvalue weighted by atomic mass is 16.1. The number of hydrazine groups is 1. The lowest BCUT2D eigenvalue weighted by molar-refractivity contribution is 0.0996. The summed E-state index contributed by atoms with van der Waals surface area (Å²) in [4.78, 5) is 20.1. The van der Waals surface area contributed by atoms with Gasteiger partial charge in [0, 0.05) is 11.6 Å². The summed E-state index contributed by atoms with van der Waals surface area (Å²) in [6.45, 7) is 11.9. The minimum absolute atomic E-state index is 0.0977. The lowest BCUT2D eigenvalue weighted by Gasteiger charge is -2.15. The molecule has 0 saturated heterocycles. The smallest absolute Gasteiger partial charge is 0.269 e. The summed E-state index contributed by atoms with van der Waals surface area (Å²) < 4.78 is 0. The van der Waals surface area contributed by atoms with Crippen LogP contribution in [0.4, 0.5) is 5.69 Å². The van der Waals surface area contributed by atoms with E-state index in [-0.39, 0.29) is 17.7 Å². The average molecular weight is 306 g/mol. The monoisotopic (exact) mass is 306 g/mol. The number of hydrogen-bond acceptors (Lipinski definition) is 6. The van der Waals surface area contributed by atoms with Crippen molar-refractivity contribution in [2.24, 2.45) is 5.73 Å². The van der Waals surface area contributed by atoms with E-state index < -0.39 is 5.91 Å². The van der Waals surface area contributed by atoms with Gasteiger partial charge < -0.3 is 16.5 Å². The minimum atomic E-state index is -0.568. The number of nitrogens with one attached hydrogen (secondary N) is 3. The van der Waals surface area contributed by atoms with Gasteiger partial charge in [0.1, 0.15) is 5.82 Å². The first-order valence-corrected chi connectivity index (χ1v) is 7.56. The van der Waals surface area contributed by atoms with Crippen molar-refractivity contribution >= 4 is 11.6 Å². The Hall–Kier alpha value is -2.15. The summed E-state index contributed by atoms with van der Waals surface area (Å²) in [7, 11) is 0. The van der Waals surface area contributed by atoms with Crippen LogP contribution in [0.5, 0.6) is 0 Å². The van der Waals surface area contributed by atoms with Gasteiger partial charge in [0.05, 0.1) is 23.6 Å². The van der Waals surface area contributed by atoms with Gasteiger partial charge in [-0.3, -0.25) is 4.79 Å². The fourth-order valence-corrected chi connectivity index (χ4v) is 1.98. The highest BCUT2D eigenvalue weighted by Crippen LogP contribution is 2.21. The van der Waals surface area contributed by atoms with Crippen molar-refractivity contribution in [1.82, 2.24) is 20.8 Å². The average Bonchev–Trinajstić information content (AvgIpc) is 2.81. The molecule has 0 saturated carbocycles. The van der Waals surface area contributed by atoms with Crippen LogP contribution in [0.3, 0.4) is 0 Å². The summed E-state index contributed by atoms with van der Waals surface area (Å²) in [6.07, 6.45) is 1.60. The molecule has 122 valence electrons. The van der Waals surface area contributed by atoms with Gasteiger partial charge in [0.25, 0.3) is 5.91 Å². The van der Waals surface area contributed by atoms with Crippen LogP contribution >= 0.6 is 0 Å². The molecule has 1 unspecified atom stereocenters. The number of aromatic nitrogens is 2. The first-order chi connectivity index (χ1) is 10.4. The molecule has 2 heterocycles. The highest BCUT2D eigenvalue weighted by molar-refractivity contribution is 5.96. The van der Waals surface area contributed by atoms with E-state index in [9.17, 15) is 4.79 Å². The summed E-state index contributed by atoms with van der Waals surface area (Å²) >= 11 is 0. The Morgan fingerprint density at radius 1 is 1.41 bits per heavy atom. The van der Waals surface area contributed by atoms with Crippen LogP contribution in [0.25, 0.3) is 0 Å². The van der Waals surface area contributed by atoms with Gasteiger partial charge in [0.2, 0.25) is 0 Å². The lowest BCUT2D eigenvalue weighted by Crippen LogP contribution is -2.31. The molecule has 2 rings (SSSR count). The van der Waals surface area contributed by atoms with Crippen molar-refractivity contribution in [2.45, 2.75) is 53.5 Å². The van der Waals surface area contributed by atoms with Crippen LogP contribution < -0.4 is 21.9 Å². The van der Waals surface area contributed by atoms with E-state index in [2.05, 4.69) is 26.1 Å². The molecule has 7 heteroatoms. The number of carbonyl (C=O) groups excluding carboxylic acids is 1. The van der Waals surface area contributed by atoms with Crippen LogP contribution in [0, 0.1) is 0 Å². The standard InChI is InChI=1S/C13H20N6O.C2H6/c1-6(2)13-15-5-9(11(17-13)12(14)20)16-10-7(3)18-19-8(10)4;1-2/h5-7,16,18-19H,1-4H3,(H2,14,20);1-2H3. The number of carbonyl (C=O) groups is 1. The first kappa shape index (κ1) is 17.9. The van der Waals surface area contributed by atoms with E-state index in [0.29, 0.717) is 11.5 Å². The quantitative estimate of drug-likeness (QED) is 0.677. The molecule has 0 fully saturated rings. The molecule has 0 aliphatic carbocycles. The Bertz CT molecular complexity index is 567. The number of allylic oxidation sites excluding steroid dienone is 1. The third kappa shape index (κ3) is 3.94. The van der Waals surface area contributed by atoms with E-state index >= 15 is 0 Å². The zero-order chi connectivity index (χ0) is 16.9. The molecular formula is C15H26N6O. The van der Waals surface area contributed by atoms with Crippen molar-refractivity contribution < 1.29 is 4.79 Å². The van der Waals surface area contributed by atoms with E-state index in [1.54, 1.807) is 6.20 Å². The normalized spacial score (nSPS) is 17.0. The Kier molecular flexibility index (Phi) is 6.30. The van der Waals surface area contributed by atoms with Gasteiger partial charge in [-0.15, -0.1) is 0 Å². The molecule has 1 atom stereocenters. The molecule has 0 bridgehead atoms. The lowest BCUT2D eigenvalue weighted by atomic mass is 10.2. The van der Waals surface area contributed by atoms with Crippen LogP contribution in [0.15, 0.2) is 17.6 Å². The number of anilines is 1. The van der Waals surface area contributed by atoms with Gasteiger partial charge in [-0.25, -0.2) is 15.4 Å². The molecule has 1 aliphatic heterocycles. The van der Waals surface area contributed by atoms with E-state index in [1.807, 2.05) is 41.5 Å². The molecule has 1 amide bonds. The zero-order valence-corrected chi connectivity index (χ0v) is 14.1. The van der Waals surface area contributed by atoms with Crippen molar-refractivity contribution in [2.75, 3.05) is 5.32 Å². The topological polar surface area (TPSA) is 105 Å². The molecule has 0 aromatic carbocycles. The molecule has 0 radical (unpaired) electrons. The second kappa shape index (κ2) is 7.74. The fourth-order valence-electron chi connectivity index (χ4n) is 1.98. The predicted molar refractivity (Wildman–Crippen MR) is 88.0 cm³/mol. The highest BCUT2D eigenvalue weighted by Gasteiger charge is 2.21. The summed E-state index contributed by atoms with van der Waals surface area (Å²) in [5, 5.41) is 3.19. The van der Waals surface area contributed by atoms with Crippen molar-refractivity contribution in [3.63, 3.8) is 0 Å². The maximum Gasteiger partial charge on any atom is 0.269 e. The predicted octanol–water partition coefficient (Wildman–Crippen LogP) is 1.86. The van der Waals surface area contributed by atoms with Gasteiger partial charge in [-0.1, -0.05) is 27.7 Å². The molecule has 1 aromatic heterocycles. The second-order valence-electron chi connectivity index (χ2n) is 5.16. The molecule has 1 aliphatic rings. The maximum atomic E-state index is 11.6. The first-order valence-electron chi connectivity index (χ1n) is 7.56. The number of amides is 1. The van der Waals surface area contributed by atoms with E-state index in [4.69, 9.17) is 5.73 Å². The number of hydrogen-bond donors (Lipinski definition) is 4. The Morgan fingerprint density at radius 3 is 2.50 bits per heavy atom. The molecule has 22 heavy (non-hydrogen) atoms. The van der Waals surface area contributed by atoms with Crippen molar-refractivity contribution in [3.8, 4) is 0 Å². The maximum absolute atomic E-state index is 11.6. The van der Waals surface area contributed by atoms with Gasteiger partial charge in [0.15, 0.2) is 5.69 Å². The Labute approximate surface area is 131 Å². The SMILES string of the molecule is CC.CC1=C(Nc2cnc(C(C)C)nc2C(N)=O)C(C)NN1. The van der Waals surface area contributed by atoms with Crippen LogP contribution in [0.2, 0.25) is 0 Å². The third-order valence-corrected chi connectivity index (χ3v) is 3.14. The van der Waals surface area contributed by atoms with E-state index in [0.717, 1.165) is 11.4 Å². The third-order valence-electron chi connectivity index (χ3n) is 3.14. The van der Waals surface area contributed by atoms with Gasteiger partial charge in [-0.2, -0.15) is 0 Å². The fraction of sp³-hybridized carbons (Fsp3) is 0.533. The molecule has 7 nitrogen and oxygen atoms in total. The van der Waals surface area contributed by atoms with Crippen molar-refractivity contribution in [3.05, 3.63) is 29.1 Å². The van der Waals surface area contributed by atoms with Gasteiger partial charge >= 0.3 is 0 Å². The van der Waals surface area contributed by atoms with Crippen molar-refractivity contribution in [1.29, 1.82) is 0 Å². The molecule has 5 N–H and O–H groups in total. The summed E-state index contributed by atoms with van der Waals surface area (Å²) in [6, 6.07) is 0.0977. The molecule has 0 spiro atoms. The number of nitrogens with two attached hydrogens (primary N) is 1. The minimum Gasteiger partial charge on any atom is -0.364 e. The van der Waals surface area contributed by atoms with Gasteiger partial charge in [-0.05, 0) is 13.8 Å². The number of nitrogens with zero attached hydrogens (tertiary/aromatic N) is 2. The largest absolute Gasteiger partial charge is 0.364 e. The zero-order valence-electron chi connectivity index (χ0n) is 14.1. The molecule has 1 aromatic rings. The second-order valence-corrected chi connectivity index (χ2v) is 5.16. The number of rotatable bonds is 4. The molecular weight excluding hydrogens is 280 g/mol. The number of primary amides is 1. The van der Waals surface area contributed by atoms with E-state index in [1.165, 1.54) is 0 Å². The van der Waals surface area contributed by atoms with Crippen LogP contribution in [-0.2, 0) is 0 Å². The van der Waals surface area contributed by atoms with Crippen LogP contribution in [-0.4, -0.2) is 21.9 Å². The summed E-state index contributed by atoms with van der Waals surface area (Å²) in [5.41, 5.74) is 14.1. The Morgan fingerprint density at radius 2 is 2.05 bits per heavy atom. The van der Waals surface area contributed by atoms with Crippen LogP contribution in [0.1, 0.15) is 63.8 Å². The summed E-state index contributed by atoms with van der Waals surface area (Å²) in [5.74, 6) is 0.171. The Balaban J connectivity index is 0.00000116.